The van der Waals surface area contributed by atoms with Crippen LogP contribution in [-0.4, -0.2) is 29.1 Å². The smallest absolute Gasteiger partial charge is 0.345 e. The molecule has 2 aromatic rings. The van der Waals surface area contributed by atoms with Gasteiger partial charge in [-0.3, -0.25) is 0 Å². The number of unbranched alkanes of at least 4 members (excludes halogenated alkanes) is 2. The Morgan fingerprint density at radius 1 is 1.00 bits per heavy atom. The number of ether oxygens (including phenoxy) is 1. The minimum absolute atomic E-state index is 0.259. The van der Waals surface area contributed by atoms with Gasteiger partial charge in [-0.15, -0.1) is 0 Å². The van der Waals surface area contributed by atoms with Crippen molar-refractivity contribution < 1.29 is 24.5 Å². The van der Waals surface area contributed by atoms with E-state index >= 15 is 0 Å². The third-order valence-electron chi connectivity index (χ3n) is 3.76. The summed E-state index contributed by atoms with van der Waals surface area (Å²) in [6.45, 7) is 0.481. The molecule has 0 aliphatic carbocycles. The van der Waals surface area contributed by atoms with Gasteiger partial charge in [0.05, 0.1) is 6.61 Å². The Balaban J connectivity index is 2.12. The number of benzene rings is 2. The van der Waals surface area contributed by atoms with Gasteiger partial charge in [0.2, 0.25) is 5.60 Å². The molecule has 0 aliphatic rings. The van der Waals surface area contributed by atoms with Gasteiger partial charge in [-0.05, 0) is 36.1 Å². The van der Waals surface area contributed by atoms with Gasteiger partial charge in [-0.25, -0.2) is 4.79 Å². The minimum Gasteiger partial charge on any atom is -0.494 e. The number of rotatable bonds is 9. The van der Waals surface area contributed by atoms with Gasteiger partial charge in [0, 0.05) is 6.42 Å². The summed E-state index contributed by atoms with van der Waals surface area (Å²) in [5.74, 6) is -0.748. The largest absolute Gasteiger partial charge is 0.494 e. The fourth-order valence-electron chi connectivity index (χ4n) is 2.41. The first-order valence-electron chi connectivity index (χ1n) is 7.77. The van der Waals surface area contributed by atoms with Gasteiger partial charge in [-0.1, -0.05) is 42.5 Å². The van der Waals surface area contributed by atoms with E-state index in [2.05, 4.69) is 0 Å². The van der Waals surface area contributed by atoms with Gasteiger partial charge < -0.3 is 19.7 Å². The van der Waals surface area contributed by atoms with Crippen LogP contribution >= 0.6 is 0 Å². The summed E-state index contributed by atoms with van der Waals surface area (Å²) in [5.41, 5.74) is -1.56. The molecule has 2 N–H and O–H groups in total. The van der Waals surface area contributed by atoms with Crippen molar-refractivity contribution in [2.24, 2.45) is 0 Å². The van der Waals surface area contributed by atoms with E-state index in [4.69, 9.17) is 4.74 Å². The molecule has 2 aromatic carbocycles. The third kappa shape index (κ3) is 4.00. The van der Waals surface area contributed by atoms with Crippen molar-refractivity contribution in [3.8, 4) is 5.75 Å². The summed E-state index contributed by atoms with van der Waals surface area (Å²) in [6.07, 6.45) is 2.94. The highest BCUT2D eigenvalue weighted by atomic mass is 16.5. The summed E-state index contributed by atoms with van der Waals surface area (Å²) in [7, 11) is 0. The molecular weight excluding hydrogens is 308 g/mol. The Morgan fingerprint density at radius 3 is 2.21 bits per heavy atom. The van der Waals surface area contributed by atoms with Crippen molar-refractivity contribution in [3.05, 3.63) is 65.7 Å². The molecule has 0 heterocycles. The van der Waals surface area contributed by atoms with Crippen molar-refractivity contribution in [1.82, 2.24) is 0 Å². The Labute approximate surface area is 140 Å². The van der Waals surface area contributed by atoms with Crippen molar-refractivity contribution in [1.29, 1.82) is 0 Å². The minimum atomic E-state index is -2.11. The maximum atomic E-state index is 11.7. The van der Waals surface area contributed by atoms with Crippen molar-refractivity contribution in [2.45, 2.75) is 24.9 Å². The number of carbonyl (C=O) groups excluding carboxylic acids is 1. The highest BCUT2D eigenvalue weighted by Crippen LogP contribution is 2.31. The number of carbonyl (C=O) groups is 2. The molecule has 5 heteroatoms. The molecule has 0 aliphatic heterocycles. The van der Waals surface area contributed by atoms with Gasteiger partial charge in [0.15, 0.2) is 0 Å². The van der Waals surface area contributed by atoms with Gasteiger partial charge in [0.1, 0.15) is 12.0 Å². The molecule has 2 rings (SSSR count). The van der Waals surface area contributed by atoms with E-state index in [1.807, 2.05) is 0 Å². The van der Waals surface area contributed by atoms with Crippen LogP contribution in [0.25, 0.3) is 0 Å². The number of carboxylic acids is 1. The average molecular weight is 328 g/mol. The SMILES string of the molecule is O=CCCCCOc1ccc(C(O)(C(=O)O)c2ccccc2)cc1. The van der Waals surface area contributed by atoms with E-state index in [1.54, 1.807) is 54.6 Å². The predicted molar refractivity (Wildman–Crippen MR) is 88.9 cm³/mol. The molecule has 1 atom stereocenters. The molecule has 0 radical (unpaired) electrons. The molecule has 0 amide bonds. The fraction of sp³-hybridized carbons (Fsp3) is 0.263. The Hall–Kier alpha value is -2.66. The summed E-state index contributed by atoms with van der Waals surface area (Å²) in [4.78, 5) is 21.9. The van der Waals surface area contributed by atoms with Crippen molar-refractivity contribution in [2.75, 3.05) is 6.61 Å². The maximum absolute atomic E-state index is 11.7. The van der Waals surface area contributed by atoms with Gasteiger partial charge in [0.25, 0.3) is 0 Å². The molecular formula is C19H20O5. The number of hydrogen-bond donors (Lipinski definition) is 2. The second kappa shape index (κ2) is 8.26. The van der Waals surface area contributed by atoms with Gasteiger partial charge >= 0.3 is 5.97 Å². The Morgan fingerprint density at radius 2 is 1.62 bits per heavy atom. The van der Waals surface area contributed by atoms with Crippen LogP contribution in [0.5, 0.6) is 5.75 Å². The molecule has 0 bridgehead atoms. The molecule has 126 valence electrons. The Bertz CT molecular complexity index is 666. The average Bonchev–Trinajstić information content (AvgIpc) is 2.62. The van der Waals surface area contributed by atoms with Crippen LogP contribution in [-0.2, 0) is 15.2 Å². The third-order valence-corrected chi connectivity index (χ3v) is 3.76. The van der Waals surface area contributed by atoms with Crippen LogP contribution in [0.15, 0.2) is 54.6 Å². The summed E-state index contributed by atoms with van der Waals surface area (Å²) < 4.78 is 5.54. The quantitative estimate of drug-likeness (QED) is 0.546. The summed E-state index contributed by atoms with van der Waals surface area (Å²) in [5, 5.41) is 20.2. The Kier molecular flexibility index (Phi) is 6.09. The van der Waals surface area contributed by atoms with Crippen LogP contribution in [0.1, 0.15) is 30.4 Å². The lowest BCUT2D eigenvalue weighted by Gasteiger charge is -2.24. The first-order valence-corrected chi connectivity index (χ1v) is 7.77. The van der Waals surface area contributed by atoms with E-state index in [-0.39, 0.29) is 5.56 Å². The number of aliphatic hydroxyl groups is 1. The van der Waals surface area contributed by atoms with Crippen LogP contribution < -0.4 is 4.74 Å². The van der Waals surface area contributed by atoms with E-state index in [0.717, 1.165) is 19.1 Å². The van der Waals surface area contributed by atoms with Crippen LogP contribution in [0.3, 0.4) is 0 Å². The number of aliphatic carboxylic acids is 1. The van der Waals surface area contributed by atoms with Crippen LogP contribution in [0, 0.1) is 0 Å². The monoisotopic (exact) mass is 328 g/mol. The van der Waals surface area contributed by atoms with Gasteiger partial charge in [-0.2, -0.15) is 0 Å². The number of aldehydes is 1. The molecule has 0 spiro atoms. The molecule has 1 unspecified atom stereocenters. The van der Waals surface area contributed by atoms with E-state index < -0.39 is 11.6 Å². The molecule has 0 aromatic heterocycles. The summed E-state index contributed by atoms with van der Waals surface area (Å²) >= 11 is 0. The van der Waals surface area contributed by atoms with E-state index in [9.17, 15) is 19.8 Å². The zero-order valence-corrected chi connectivity index (χ0v) is 13.2. The zero-order chi connectivity index (χ0) is 17.4. The van der Waals surface area contributed by atoms with Crippen molar-refractivity contribution in [3.63, 3.8) is 0 Å². The topological polar surface area (TPSA) is 83.8 Å². The highest BCUT2D eigenvalue weighted by Gasteiger charge is 2.39. The van der Waals surface area contributed by atoms with Crippen LogP contribution in [0.2, 0.25) is 0 Å². The predicted octanol–water partition coefficient (Wildman–Crippen LogP) is 2.76. The van der Waals surface area contributed by atoms with E-state index in [1.165, 1.54) is 0 Å². The lowest BCUT2D eigenvalue weighted by molar-refractivity contribution is -0.155. The second-order valence-corrected chi connectivity index (χ2v) is 5.42. The van der Waals surface area contributed by atoms with Crippen LogP contribution in [0.4, 0.5) is 0 Å². The van der Waals surface area contributed by atoms with E-state index in [0.29, 0.717) is 24.3 Å². The normalized spacial score (nSPS) is 13.0. The number of carboxylic acid groups (broad SMARTS) is 1. The molecule has 24 heavy (non-hydrogen) atoms. The second-order valence-electron chi connectivity index (χ2n) is 5.42. The number of hydrogen-bond acceptors (Lipinski definition) is 4. The molecule has 0 saturated carbocycles. The highest BCUT2D eigenvalue weighted by molar-refractivity contribution is 5.83. The lowest BCUT2D eigenvalue weighted by Crippen LogP contribution is -2.36. The van der Waals surface area contributed by atoms with Crippen molar-refractivity contribution >= 4 is 12.3 Å². The fourth-order valence-corrected chi connectivity index (χ4v) is 2.41. The molecule has 0 fully saturated rings. The standard InChI is InChI=1S/C19H20O5/c20-13-5-2-6-14-24-17-11-9-16(10-12-17)19(23,18(21)22)15-7-3-1-4-8-15/h1,3-4,7-13,23H,2,5-6,14H2,(H,21,22). The molecule has 0 saturated heterocycles. The first-order chi connectivity index (χ1) is 11.6. The summed E-state index contributed by atoms with van der Waals surface area (Å²) in [6, 6.07) is 14.6. The lowest BCUT2D eigenvalue weighted by atomic mass is 9.86. The zero-order valence-electron chi connectivity index (χ0n) is 13.2. The first kappa shape index (κ1) is 17.7. The maximum Gasteiger partial charge on any atom is 0.345 e. The molecule has 5 nitrogen and oxygen atoms in total.